The highest BCUT2D eigenvalue weighted by Crippen LogP contribution is 2.28. The van der Waals surface area contributed by atoms with Crippen LogP contribution in [0.3, 0.4) is 0 Å². The summed E-state index contributed by atoms with van der Waals surface area (Å²) in [4.78, 5) is 27.8. The van der Waals surface area contributed by atoms with E-state index < -0.39 is 16.1 Å². The Morgan fingerprint density at radius 2 is 1.68 bits per heavy atom. The number of aryl methyl sites for hydroxylation is 1. The first kappa shape index (κ1) is 31.2. The van der Waals surface area contributed by atoms with Gasteiger partial charge in [-0.05, 0) is 63.4 Å². The molecule has 2 rings (SSSR count). The van der Waals surface area contributed by atoms with Crippen molar-refractivity contribution in [3.63, 3.8) is 0 Å². The molecule has 0 aliphatic carbocycles. The van der Waals surface area contributed by atoms with E-state index in [4.69, 9.17) is 34.8 Å². The third-order valence-electron chi connectivity index (χ3n) is 6.15. The zero-order valence-corrected chi connectivity index (χ0v) is 24.8. The van der Waals surface area contributed by atoms with Crippen LogP contribution in [-0.4, -0.2) is 50.0 Å². The van der Waals surface area contributed by atoms with Crippen molar-refractivity contribution >= 4 is 62.3 Å². The third-order valence-corrected chi connectivity index (χ3v) is 8.27. The molecule has 37 heavy (non-hydrogen) atoms. The van der Waals surface area contributed by atoms with Gasteiger partial charge in [-0.1, -0.05) is 53.9 Å². The second-order valence-corrected chi connectivity index (χ2v) is 12.2. The average molecular weight is 591 g/mol. The van der Waals surface area contributed by atoms with Gasteiger partial charge in [0.1, 0.15) is 6.04 Å². The van der Waals surface area contributed by atoms with E-state index in [0.717, 1.165) is 18.2 Å². The quantitative estimate of drug-likeness (QED) is 0.337. The van der Waals surface area contributed by atoms with E-state index in [1.807, 2.05) is 13.8 Å². The number of nitrogens with one attached hydrogen (secondary N) is 1. The Bertz CT molecular complexity index is 1200. The summed E-state index contributed by atoms with van der Waals surface area (Å²) in [6.45, 7) is 7.40. The summed E-state index contributed by atoms with van der Waals surface area (Å²) in [7, 11) is -3.63. The van der Waals surface area contributed by atoms with Crippen LogP contribution in [0, 0.1) is 6.92 Å². The molecule has 0 aromatic heterocycles. The lowest BCUT2D eigenvalue weighted by Gasteiger charge is -2.31. The molecule has 11 heteroatoms. The lowest BCUT2D eigenvalue weighted by molar-refractivity contribution is -0.140. The molecule has 0 radical (unpaired) electrons. The molecule has 0 heterocycles. The van der Waals surface area contributed by atoms with E-state index in [0.29, 0.717) is 26.3 Å². The van der Waals surface area contributed by atoms with Gasteiger partial charge in [0.2, 0.25) is 21.8 Å². The van der Waals surface area contributed by atoms with Gasteiger partial charge in [-0.2, -0.15) is 0 Å². The SMILES string of the molecule is CC[C@H](C)NC(=O)[C@H](C)N(Cc1c(Cl)cccc1Cl)C(=O)CCCN(c1cc(Cl)ccc1C)S(C)(=O)=O. The summed E-state index contributed by atoms with van der Waals surface area (Å²) in [6, 6.07) is 9.22. The van der Waals surface area contributed by atoms with Crippen LogP contribution < -0.4 is 9.62 Å². The Morgan fingerprint density at radius 1 is 1.05 bits per heavy atom. The number of nitrogens with zero attached hydrogens (tertiary/aromatic N) is 2. The van der Waals surface area contributed by atoms with Gasteiger partial charge in [0.25, 0.3) is 0 Å². The Labute approximate surface area is 235 Å². The maximum atomic E-state index is 13.4. The van der Waals surface area contributed by atoms with Gasteiger partial charge in [0.05, 0.1) is 11.9 Å². The zero-order chi connectivity index (χ0) is 27.9. The average Bonchev–Trinajstić information content (AvgIpc) is 2.82. The first-order valence-electron chi connectivity index (χ1n) is 12.0. The molecule has 1 N–H and O–H groups in total. The second kappa shape index (κ2) is 13.7. The number of hydrogen-bond acceptors (Lipinski definition) is 4. The van der Waals surface area contributed by atoms with Crippen molar-refractivity contribution in [2.45, 2.75) is 65.6 Å². The van der Waals surface area contributed by atoms with Crippen LogP contribution in [0.1, 0.15) is 51.2 Å². The van der Waals surface area contributed by atoms with E-state index in [1.54, 1.807) is 50.2 Å². The molecule has 7 nitrogen and oxygen atoms in total. The third kappa shape index (κ3) is 8.77. The molecule has 0 fully saturated rings. The molecule has 0 unspecified atom stereocenters. The van der Waals surface area contributed by atoms with Crippen molar-refractivity contribution in [3.8, 4) is 0 Å². The highest BCUT2D eigenvalue weighted by molar-refractivity contribution is 7.92. The van der Waals surface area contributed by atoms with Crippen LogP contribution in [0.15, 0.2) is 36.4 Å². The Morgan fingerprint density at radius 3 is 2.24 bits per heavy atom. The van der Waals surface area contributed by atoms with Crippen LogP contribution in [0.5, 0.6) is 0 Å². The van der Waals surface area contributed by atoms with Gasteiger partial charge in [-0.25, -0.2) is 8.42 Å². The Hall–Kier alpha value is -2.00. The van der Waals surface area contributed by atoms with Gasteiger partial charge >= 0.3 is 0 Å². The summed E-state index contributed by atoms with van der Waals surface area (Å²) >= 11 is 18.8. The van der Waals surface area contributed by atoms with E-state index in [-0.39, 0.29) is 43.8 Å². The molecule has 2 aromatic rings. The number of carbonyl (C=O) groups excluding carboxylic acids is 2. The zero-order valence-electron chi connectivity index (χ0n) is 21.7. The van der Waals surface area contributed by atoms with Crippen molar-refractivity contribution in [2.75, 3.05) is 17.1 Å². The fourth-order valence-electron chi connectivity index (χ4n) is 3.74. The van der Waals surface area contributed by atoms with Gasteiger partial charge in [0.15, 0.2) is 0 Å². The van der Waals surface area contributed by atoms with Gasteiger partial charge < -0.3 is 10.2 Å². The van der Waals surface area contributed by atoms with Gasteiger partial charge in [-0.15, -0.1) is 0 Å². The van der Waals surface area contributed by atoms with Gasteiger partial charge in [0, 0.05) is 46.2 Å². The fraction of sp³-hybridized carbons (Fsp3) is 0.462. The molecule has 0 aliphatic rings. The summed E-state index contributed by atoms with van der Waals surface area (Å²) in [5, 5.41) is 4.10. The predicted octanol–water partition coefficient (Wildman–Crippen LogP) is 5.83. The monoisotopic (exact) mass is 589 g/mol. The summed E-state index contributed by atoms with van der Waals surface area (Å²) in [5.41, 5.74) is 1.74. The summed E-state index contributed by atoms with van der Waals surface area (Å²) in [5.74, 6) is -0.614. The summed E-state index contributed by atoms with van der Waals surface area (Å²) < 4.78 is 26.4. The predicted molar refractivity (Wildman–Crippen MR) is 152 cm³/mol. The molecular formula is C26H34Cl3N3O4S. The van der Waals surface area contributed by atoms with E-state index in [2.05, 4.69) is 5.32 Å². The molecule has 2 atom stereocenters. The van der Waals surface area contributed by atoms with Crippen LogP contribution in [0.4, 0.5) is 5.69 Å². The van der Waals surface area contributed by atoms with Crippen molar-refractivity contribution in [1.29, 1.82) is 0 Å². The van der Waals surface area contributed by atoms with Crippen molar-refractivity contribution in [1.82, 2.24) is 10.2 Å². The van der Waals surface area contributed by atoms with Crippen LogP contribution in [0.25, 0.3) is 0 Å². The van der Waals surface area contributed by atoms with Gasteiger partial charge in [-0.3, -0.25) is 13.9 Å². The lowest BCUT2D eigenvalue weighted by Crippen LogP contribution is -2.49. The minimum atomic E-state index is -3.63. The van der Waals surface area contributed by atoms with Crippen molar-refractivity contribution < 1.29 is 18.0 Å². The number of benzene rings is 2. The number of anilines is 1. The molecule has 0 spiro atoms. The second-order valence-electron chi connectivity index (χ2n) is 9.09. The Kier molecular flexibility index (Phi) is 11.6. The highest BCUT2D eigenvalue weighted by atomic mass is 35.5. The summed E-state index contributed by atoms with van der Waals surface area (Å²) in [6.07, 6.45) is 2.09. The minimum absolute atomic E-state index is 0.00859. The fourth-order valence-corrected chi connectivity index (χ4v) is 5.43. The number of halogens is 3. The molecule has 0 saturated heterocycles. The van der Waals surface area contributed by atoms with E-state index >= 15 is 0 Å². The Balaban J connectivity index is 2.26. The number of rotatable bonds is 12. The lowest BCUT2D eigenvalue weighted by atomic mass is 10.1. The largest absolute Gasteiger partial charge is 0.352 e. The first-order valence-corrected chi connectivity index (χ1v) is 15.0. The molecule has 0 aliphatic heterocycles. The van der Waals surface area contributed by atoms with Crippen LogP contribution in [0.2, 0.25) is 15.1 Å². The molecule has 0 saturated carbocycles. The molecular weight excluding hydrogens is 557 g/mol. The maximum Gasteiger partial charge on any atom is 0.242 e. The first-order chi connectivity index (χ1) is 17.3. The van der Waals surface area contributed by atoms with E-state index in [1.165, 1.54) is 9.21 Å². The number of sulfonamides is 1. The highest BCUT2D eigenvalue weighted by Gasteiger charge is 2.28. The van der Waals surface area contributed by atoms with Crippen molar-refractivity contribution in [3.05, 3.63) is 62.6 Å². The normalized spacial score (nSPS) is 13.1. The van der Waals surface area contributed by atoms with E-state index in [9.17, 15) is 18.0 Å². The number of carbonyl (C=O) groups is 2. The van der Waals surface area contributed by atoms with Crippen molar-refractivity contribution in [2.24, 2.45) is 0 Å². The maximum absolute atomic E-state index is 13.4. The molecule has 0 bridgehead atoms. The number of amides is 2. The van der Waals surface area contributed by atoms with Crippen LogP contribution >= 0.6 is 34.8 Å². The minimum Gasteiger partial charge on any atom is -0.352 e. The standard InChI is InChI=1S/C26H34Cl3N3O4S/c1-6-18(3)30-26(34)19(4)31(16-21-22(28)9-7-10-23(21)29)25(33)11-8-14-32(37(5,35)36)24-15-20(27)13-12-17(24)2/h7,9-10,12-13,15,18-19H,6,8,11,14,16H2,1-5H3,(H,30,34)/t18-,19-/m0/s1. The number of hydrogen-bond donors (Lipinski definition) is 1. The molecule has 2 amide bonds. The molecule has 204 valence electrons. The topological polar surface area (TPSA) is 86.8 Å². The smallest absolute Gasteiger partial charge is 0.242 e. The molecule has 2 aromatic carbocycles. The van der Waals surface area contributed by atoms with Crippen LogP contribution in [-0.2, 0) is 26.2 Å².